The Morgan fingerprint density at radius 2 is 1.51 bits per heavy atom. The molecule has 0 fully saturated rings. The third kappa shape index (κ3) is 8.32. The van der Waals surface area contributed by atoms with Crippen molar-refractivity contribution in [1.82, 2.24) is 14.8 Å². The Kier molecular flexibility index (Phi) is 11.1. The van der Waals surface area contributed by atoms with Gasteiger partial charge in [-0.25, -0.2) is 5.84 Å². The first-order valence-corrected chi connectivity index (χ1v) is 12.4. The van der Waals surface area contributed by atoms with Gasteiger partial charge < -0.3 is 15.7 Å². The van der Waals surface area contributed by atoms with Gasteiger partial charge in [0.2, 0.25) is 5.91 Å². The highest BCUT2D eigenvalue weighted by Crippen LogP contribution is 2.11. The van der Waals surface area contributed by atoms with Gasteiger partial charge >= 0.3 is 0 Å². The highest BCUT2D eigenvalue weighted by Gasteiger charge is 2.33. The summed E-state index contributed by atoms with van der Waals surface area (Å²) in [6.45, 7) is 2.46. The predicted octanol–water partition coefficient (Wildman–Crippen LogP) is 0.574. The monoisotopic (exact) mass is 591 g/mol. The average molecular weight is 591 g/mol. The number of hydrogen-bond donors (Lipinski definition) is 3. The zero-order chi connectivity index (χ0) is 26.0. The first kappa shape index (κ1) is 28.3. The Hall–Kier alpha value is -2.98. The van der Waals surface area contributed by atoms with Crippen LogP contribution in [0.5, 0.6) is 0 Å². The number of carbonyl (C=O) groups excluding carboxylic acids is 3. The van der Waals surface area contributed by atoms with Crippen LogP contribution in [0.25, 0.3) is 0 Å². The van der Waals surface area contributed by atoms with Crippen LogP contribution in [-0.2, 0) is 16.1 Å². The fraction of sp³-hybridized carbons (Fsp3) is 0.320. The summed E-state index contributed by atoms with van der Waals surface area (Å²) in [5, 5.41) is 9.93. The zero-order valence-corrected chi connectivity index (χ0v) is 21.9. The van der Waals surface area contributed by atoms with Crippen LogP contribution in [0.15, 0.2) is 48.5 Å². The lowest BCUT2D eigenvalue weighted by Crippen LogP contribution is -2.56. The van der Waals surface area contributed by atoms with Crippen molar-refractivity contribution in [2.45, 2.75) is 12.6 Å². The number of aliphatic hydroxyl groups excluding tert-OH is 1. The molecule has 0 spiro atoms. The summed E-state index contributed by atoms with van der Waals surface area (Å²) < 4.78 is 0.997. The van der Waals surface area contributed by atoms with Gasteiger partial charge in [0.1, 0.15) is 0 Å². The zero-order valence-electron chi connectivity index (χ0n) is 19.8. The molecule has 9 nitrogen and oxygen atoms in total. The van der Waals surface area contributed by atoms with Crippen LogP contribution in [0.3, 0.4) is 0 Å². The van der Waals surface area contributed by atoms with E-state index in [9.17, 15) is 19.5 Å². The molecule has 0 saturated heterocycles. The van der Waals surface area contributed by atoms with Crippen LogP contribution in [0, 0.1) is 11.8 Å². The van der Waals surface area contributed by atoms with E-state index in [1.807, 2.05) is 24.3 Å². The molecular formula is C25H30IN5O4. The van der Waals surface area contributed by atoms with Crippen LogP contribution in [-0.4, -0.2) is 81.9 Å². The van der Waals surface area contributed by atoms with Crippen molar-refractivity contribution in [3.63, 3.8) is 0 Å². The van der Waals surface area contributed by atoms with Gasteiger partial charge in [0.25, 0.3) is 11.8 Å². The smallest absolute Gasteiger partial charge is 0.268 e. The third-order valence-electron chi connectivity index (χ3n) is 5.22. The van der Waals surface area contributed by atoms with E-state index >= 15 is 0 Å². The maximum atomic E-state index is 12.8. The molecule has 5 N–H and O–H groups in total. The molecule has 2 aromatic rings. The van der Waals surface area contributed by atoms with Crippen molar-refractivity contribution in [3.8, 4) is 11.8 Å². The van der Waals surface area contributed by atoms with Gasteiger partial charge in [0.05, 0.1) is 6.61 Å². The van der Waals surface area contributed by atoms with Crippen LogP contribution in [0.4, 0.5) is 0 Å². The van der Waals surface area contributed by atoms with Crippen LogP contribution < -0.4 is 11.6 Å². The number of carbonyl (C=O) groups is 3. The summed E-state index contributed by atoms with van der Waals surface area (Å²) in [5.74, 6) is 9.28. The van der Waals surface area contributed by atoms with E-state index in [4.69, 9.17) is 11.6 Å². The van der Waals surface area contributed by atoms with Crippen molar-refractivity contribution in [2.75, 3.05) is 38.2 Å². The maximum absolute atomic E-state index is 12.8. The molecule has 2 rings (SSSR count). The lowest BCUT2D eigenvalue weighted by atomic mass is 10.1. The molecule has 10 heteroatoms. The van der Waals surface area contributed by atoms with Gasteiger partial charge in [0.15, 0.2) is 6.04 Å². The van der Waals surface area contributed by atoms with Crippen LogP contribution in [0.2, 0.25) is 0 Å². The molecule has 2 aromatic carbocycles. The number of rotatable bonds is 10. The van der Waals surface area contributed by atoms with Crippen LogP contribution in [0.1, 0.15) is 27.0 Å². The molecule has 35 heavy (non-hydrogen) atoms. The minimum Gasteiger partial charge on any atom is -0.395 e. The van der Waals surface area contributed by atoms with Crippen molar-refractivity contribution in [2.24, 2.45) is 11.6 Å². The van der Waals surface area contributed by atoms with Crippen molar-refractivity contribution >= 4 is 40.3 Å². The number of hydrazine groups is 1. The summed E-state index contributed by atoms with van der Waals surface area (Å²) in [7, 11) is 2.59. The fourth-order valence-electron chi connectivity index (χ4n) is 3.32. The minimum absolute atomic E-state index is 0.135. The van der Waals surface area contributed by atoms with E-state index in [0.29, 0.717) is 12.1 Å². The molecular weight excluding hydrogens is 561 g/mol. The molecule has 0 aliphatic heterocycles. The number of benzene rings is 2. The molecule has 0 bridgehead atoms. The highest BCUT2D eigenvalue weighted by atomic mass is 127. The summed E-state index contributed by atoms with van der Waals surface area (Å²) in [6.07, 6.45) is 0. The Morgan fingerprint density at radius 1 is 0.971 bits per heavy atom. The molecule has 3 amide bonds. The molecule has 0 heterocycles. The molecule has 1 atom stereocenters. The second-order valence-electron chi connectivity index (χ2n) is 7.88. The Labute approximate surface area is 219 Å². The number of hydrogen-bond acceptors (Lipinski definition) is 6. The summed E-state index contributed by atoms with van der Waals surface area (Å²) in [4.78, 5) is 39.8. The summed E-state index contributed by atoms with van der Waals surface area (Å²) in [6, 6.07) is 13.0. The lowest BCUT2D eigenvalue weighted by molar-refractivity contribution is -0.140. The van der Waals surface area contributed by atoms with Crippen molar-refractivity contribution in [1.29, 1.82) is 0 Å². The number of likely N-dealkylation sites (N-methyl/N-ethyl adjacent to an activating group) is 2. The number of alkyl halides is 1. The third-order valence-corrected chi connectivity index (χ3v) is 5.70. The molecule has 0 radical (unpaired) electrons. The molecule has 0 saturated carbocycles. The largest absolute Gasteiger partial charge is 0.395 e. The Morgan fingerprint density at radius 3 is 1.97 bits per heavy atom. The van der Waals surface area contributed by atoms with E-state index in [1.54, 1.807) is 24.3 Å². The molecule has 0 aromatic heterocycles. The maximum Gasteiger partial charge on any atom is 0.268 e. The number of amides is 3. The van der Waals surface area contributed by atoms with E-state index < -0.39 is 23.8 Å². The topological polar surface area (TPSA) is 133 Å². The van der Waals surface area contributed by atoms with E-state index in [2.05, 4.69) is 39.3 Å². The number of nitrogens with zero attached hydrogens (tertiary/aromatic N) is 3. The standard InChI is InChI=1S/C25H30IN5O4/c1-29(22(23(27)33)25(35)30(2)28)24(34)21-11-9-19(10-12-21)4-3-18-5-7-20(8-6-18)17-31(14-13-26)15-16-32/h5-12,22,32H,13-17,28H2,1-2H3,(H2,27,33). The van der Waals surface area contributed by atoms with E-state index in [1.165, 1.54) is 14.1 Å². The van der Waals surface area contributed by atoms with Gasteiger partial charge in [-0.1, -0.05) is 46.6 Å². The fourth-order valence-corrected chi connectivity index (χ4v) is 4.00. The molecule has 1 unspecified atom stereocenters. The second kappa shape index (κ2) is 13.8. The number of nitrogens with two attached hydrogens (primary N) is 2. The van der Waals surface area contributed by atoms with Gasteiger partial charge in [-0.15, -0.1) is 0 Å². The van der Waals surface area contributed by atoms with E-state index in [0.717, 1.165) is 38.6 Å². The normalized spacial score (nSPS) is 11.4. The average Bonchev–Trinajstić information content (AvgIpc) is 2.83. The Bertz CT molecular complexity index is 1070. The minimum atomic E-state index is -1.50. The van der Waals surface area contributed by atoms with Crippen molar-refractivity contribution in [3.05, 3.63) is 70.8 Å². The van der Waals surface area contributed by atoms with Crippen molar-refractivity contribution < 1.29 is 19.5 Å². The first-order chi connectivity index (χ1) is 16.7. The van der Waals surface area contributed by atoms with Crippen LogP contribution >= 0.6 is 22.6 Å². The quantitative estimate of drug-likeness (QED) is 0.0705. The summed E-state index contributed by atoms with van der Waals surface area (Å²) in [5.41, 5.74) is 8.28. The predicted molar refractivity (Wildman–Crippen MR) is 142 cm³/mol. The first-order valence-electron chi connectivity index (χ1n) is 10.9. The van der Waals surface area contributed by atoms with Gasteiger partial charge in [-0.3, -0.25) is 24.3 Å². The van der Waals surface area contributed by atoms with Gasteiger partial charge in [-0.2, -0.15) is 0 Å². The number of halogens is 1. The van der Waals surface area contributed by atoms with Gasteiger partial charge in [0, 0.05) is 54.8 Å². The SMILES string of the molecule is CN(N)C(=O)C(C(N)=O)N(C)C(=O)c1ccc(C#Cc2ccc(CN(CCO)CCI)cc2)cc1. The summed E-state index contributed by atoms with van der Waals surface area (Å²) >= 11 is 2.32. The Balaban J connectivity index is 2.08. The molecule has 186 valence electrons. The molecule has 0 aliphatic carbocycles. The van der Waals surface area contributed by atoms with Gasteiger partial charge in [-0.05, 0) is 42.0 Å². The van der Waals surface area contributed by atoms with E-state index in [-0.39, 0.29) is 12.2 Å². The molecule has 0 aliphatic rings. The second-order valence-corrected chi connectivity index (χ2v) is 8.96. The lowest BCUT2D eigenvalue weighted by Gasteiger charge is -2.26. The number of aliphatic hydroxyl groups is 1. The highest BCUT2D eigenvalue weighted by molar-refractivity contribution is 14.1. The number of primary amides is 1.